The van der Waals surface area contributed by atoms with E-state index < -0.39 is 0 Å². The first-order valence-corrected chi connectivity index (χ1v) is 7.55. The molecule has 5 nitrogen and oxygen atoms in total. The molecule has 1 fully saturated rings. The average Bonchev–Trinajstić information content (AvgIpc) is 2.93. The number of halogens is 1. The van der Waals surface area contributed by atoms with Crippen molar-refractivity contribution in [2.45, 2.75) is 31.9 Å². The number of aliphatic hydroxyl groups is 1. The fourth-order valence-corrected chi connectivity index (χ4v) is 2.62. The van der Waals surface area contributed by atoms with Gasteiger partial charge < -0.3 is 20.1 Å². The number of amides is 2. The molecule has 0 aliphatic carbocycles. The molecule has 0 bridgehead atoms. The highest BCUT2D eigenvalue weighted by Crippen LogP contribution is 2.18. The predicted molar refractivity (Wildman–Crippen MR) is 81.8 cm³/mol. The van der Waals surface area contributed by atoms with E-state index in [1.165, 1.54) is 0 Å². The van der Waals surface area contributed by atoms with Gasteiger partial charge in [0, 0.05) is 11.6 Å². The first kappa shape index (κ1) is 15.9. The third-order valence-electron chi connectivity index (χ3n) is 3.52. The number of carbonyl (C=O) groups excluding carboxylic acids is 1. The molecular formula is C15H21ClN2O3. The highest BCUT2D eigenvalue weighted by Gasteiger charge is 2.27. The Labute approximate surface area is 129 Å². The third kappa shape index (κ3) is 4.51. The van der Waals surface area contributed by atoms with Crippen LogP contribution in [0.3, 0.4) is 0 Å². The predicted octanol–water partition coefficient (Wildman–Crippen LogP) is 2.27. The molecule has 1 saturated heterocycles. The van der Waals surface area contributed by atoms with Crippen LogP contribution < -0.4 is 10.1 Å². The molecule has 1 aromatic rings. The Bertz CT molecular complexity index is 484. The minimum Gasteiger partial charge on any atom is -0.489 e. The SMILES string of the molecule is C[C@@H](CNC(=O)N1CCC[C@@H]1CO)Oc1cccc(Cl)c1. The van der Waals surface area contributed by atoms with E-state index in [9.17, 15) is 9.90 Å². The number of hydrogen-bond donors (Lipinski definition) is 2. The summed E-state index contributed by atoms with van der Waals surface area (Å²) < 4.78 is 5.69. The van der Waals surface area contributed by atoms with Crippen LogP contribution in [0.5, 0.6) is 5.75 Å². The zero-order valence-corrected chi connectivity index (χ0v) is 12.8. The topological polar surface area (TPSA) is 61.8 Å². The first-order chi connectivity index (χ1) is 10.1. The van der Waals surface area contributed by atoms with Gasteiger partial charge in [0.05, 0.1) is 19.2 Å². The number of nitrogens with zero attached hydrogens (tertiary/aromatic N) is 1. The Morgan fingerprint density at radius 2 is 2.43 bits per heavy atom. The smallest absolute Gasteiger partial charge is 0.317 e. The molecule has 2 amide bonds. The van der Waals surface area contributed by atoms with Gasteiger partial charge in [-0.05, 0) is 38.0 Å². The van der Waals surface area contributed by atoms with Gasteiger partial charge >= 0.3 is 6.03 Å². The van der Waals surface area contributed by atoms with Gasteiger partial charge in [-0.15, -0.1) is 0 Å². The van der Waals surface area contributed by atoms with Gasteiger partial charge in [0.2, 0.25) is 0 Å². The highest BCUT2D eigenvalue weighted by molar-refractivity contribution is 6.30. The number of hydrogen-bond acceptors (Lipinski definition) is 3. The third-order valence-corrected chi connectivity index (χ3v) is 3.76. The number of rotatable bonds is 5. The Kier molecular flexibility index (Phi) is 5.70. The van der Waals surface area contributed by atoms with Crippen molar-refractivity contribution in [3.05, 3.63) is 29.3 Å². The van der Waals surface area contributed by atoms with Gasteiger partial charge in [-0.25, -0.2) is 4.79 Å². The monoisotopic (exact) mass is 312 g/mol. The van der Waals surface area contributed by atoms with Crippen LogP contribution in [0.1, 0.15) is 19.8 Å². The normalized spacial score (nSPS) is 19.4. The van der Waals surface area contributed by atoms with E-state index in [0.29, 0.717) is 23.9 Å². The molecule has 0 unspecified atom stereocenters. The standard InChI is InChI=1S/C15H21ClN2O3/c1-11(21-14-6-2-4-12(16)8-14)9-17-15(20)18-7-3-5-13(18)10-19/h2,4,6,8,11,13,19H,3,5,7,9-10H2,1H3,(H,17,20)/t11-,13+/m0/s1. The quantitative estimate of drug-likeness (QED) is 0.877. The number of benzene rings is 1. The lowest BCUT2D eigenvalue weighted by Crippen LogP contribution is -2.46. The lowest BCUT2D eigenvalue weighted by Gasteiger charge is -2.24. The fourth-order valence-electron chi connectivity index (χ4n) is 2.44. The molecule has 0 aromatic heterocycles. The minimum atomic E-state index is -0.164. The molecule has 1 aliphatic heterocycles. The van der Waals surface area contributed by atoms with Crippen molar-refractivity contribution in [1.82, 2.24) is 10.2 Å². The van der Waals surface area contributed by atoms with Crippen molar-refractivity contribution in [3.8, 4) is 5.75 Å². The molecule has 21 heavy (non-hydrogen) atoms. The van der Waals surface area contributed by atoms with Crippen molar-refractivity contribution in [2.24, 2.45) is 0 Å². The molecule has 1 aromatic carbocycles. The maximum absolute atomic E-state index is 12.1. The minimum absolute atomic E-state index is 0.0159. The molecule has 2 rings (SSSR count). The van der Waals surface area contributed by atoms with Crippen LogP contribution in [-0.4, -0.2) is 47.9 Å². The van der Waals surface area contributed by atoms with E-state index >= 15 is 0 Å². The van der Waals surface area contributed by atoms with E-state index in [4.69, 9.17) is 16.3 Å². The summed E-state index contributed by atoms with van der Waals surface area (Å²) in [4.78, 5) is 13.7. The van der Waals surface area contributed by atoms with E-state index in [1.807, 2.05) is 19.1 Å². The number of aliphatic hydroxyl groups excluding tert-OH is 1. The average molecular weight is 313 g/mol. The number of carbonyl (C=O) groups is 1. The maximum atomic E-state index is 12.1. The fraction of sp³-hybridized carbons (Fsp3) is 0.533. The van der Waals surface area contributed by atoms with Crippen molar-refractivity contribution in [2.75, 3.05) is 19.7 Å². The lowest BCUT2D eigenvalue weighted by atomic mass is 10.2. The molecule has 0 spiro atoms. The second-order valence-corrected chi connectivity index (χ2v) is 5.68. The number of urea groups is 1. The second kappa shape index (κ2) is 7.52. The number of nitrogens with one attached hydrogen (secondary N) is 1. The van der Waals surface area contributed by atoms with Gasteiger partial charge in [0.1, 0.15) is 11.9 Å². The Morgan fingerprint density at radius 1 is 1.62 bits per heavy atom. The lowest BCUT2D eigenvalue weighted by molar-refractivity contribution is 0.151. The van der Waals surface area contributed by atoms with Gasteiger partial charge in [0.25, 0.3) is 0 Å². The molecule has 6 heteroatoms. The Hall–Kier alpha value is -1.46. The number of likely N-dealkylation sites (tertiary alicyclic amines) is 1. The Balaban J connectivity index is 1.78. The summed E-state index contributed by atoms with van der Waals surface area (Å²) in [5.74, 6) is 0.679. The van der Waals surface area contributed by atoms with Crippen molar-refractivity contribution in [1.29, 1.82) is 0 Å². The van der Waals surface area contributed by atoms with Gasteiger partial charge in [0.15, 0.2) is 0 Å². The zero-order valence-electron chi connectivity index (χ0n) is 12.1. The zero-order chi connectivity index (χ0) is 15.2. The van der Waals surface area contributed by atoms with Gasteiger partial charge in [-0.2, -0.15) is 0 Å². The maximum Gasteiger partial charge on any atom is 0.317 e. The molecule has 0 saturated carbocycles. The van der Waals surface area contributed by atoms with Gasteiger partial charge in [-0.1, -0.05) is 17.7 Å². The molecule has 1 heterocycles. The van der Waals surface area contributed by atoms with Crippen molar-refractivity contribution < 1.29 is 14.6 Å². The van der Waals surface area contributed by atoms with Crippen LogP contribution in [-0.2, 0) is 0 Å². The van der Waals surface area contributed by atoms with E-state index in [0.717, 1.165) is 12.8 Å². The van der Waals surface area contributed by atoms with Gasteiger partial charge in [-0.3, -0.25) is 0 Å². The van der Waals surface area contributed by atoms with Crippen molar-refractivity contribution >= 4 is 17.6 Å². The largest absolute Gasteiger partial charge is 0.489 e. The summed E-state index contributed by atoms with van der Waals surface area (Å²) in [6.07, 6.45) is 1.63. The van der Waals surface area contributed by atoms with E-state index in [2.05, 4.69) is 5.32 Å². The second-order valence-electron chi connectivity index (χ2n) is 5.24. The number of ether oxygens (including phenoxy) is 1. The molecule has 1 aliphatic rings. The summed E-state index contributed by atoms with van der Waals surface area (Å²) in [5, 5.41) is 12.7. The van der Waals surface area contributed by atoms with Crippen LogP contribution >= 0.6 is 11.6 Å². The molecular weight excluding hydrogens is 292 g/mol. The first-order valence-electron chi connectivity index (χ1n) is 7.17. The summed E-state index contributed by atoms with van der Waals surface area (Å²) in [5.41, 5.74) is 0. The van der Waals surface area contributed by atoms with Crippen LogP contribution in [0.25, 0.3) is 0 Å². The van der Waals surface area contributed by atoms with E-state index in [1.54, 1.807) is 17.0 Å². The summed E-state index contributed by atoms with van der Waals surface area (Å²) in [7, 11) is 0. The highest BCUT2D eigenvalue weighted by atomic mass is 35.5. The molecule has 2 atom stereocenters. The Morgan fingerprint density at radius 3 is 3.14 bits per heavy atom. The molecule has 2 N–H and O–H groups in total. The summed E-state index contributed by atoms with van der Waals surface area (Å²) in [6.45, 7) is 3.00. The summed E-state index contributed by atoms with van der Waals surface area (Å²) in [6, 6.07) is 6.96. The van der Waals surface area contributed by atoms with E-state index in [-0.39, 0.29) is 24.8 Å². The van der Waals surface area contributed by atoms with Crippen LogP contribution in [0.15, 0.2) is 24.3 Å². The van der Waals surface area contributed by atoms with Crippen LogP contribution in [0.2, 0.25) is 5.02 Å². The molecule has 0 radical (unpaired) electrons. The molecule has 116 valence electrons. The van der Waals surface area contributed by atoms with Crippen molar-refractivity contribution in [3.63, 3.8) is 0 Å². The van der Waals surface area contributed by atoms with Crippen LogP contribution in [0, 0.1) is 0 Å². The summed E-state index contributed by atoms with van der Waals surface area (Å²) >= 11 is 5.89. The van der Waals surface area contributed by atoms with Crippen LogP contribution in [0.4, 0.5) is 4.79 Å².